The second-order valence-corrected chi connectivity index (χ2v) is 9.94. The Labute approximate surface area is 196 Å². The first-order valence-electron chi connectivity index (χ1n) is 11.8. The van der Waals surface area contributed by atoms with E-state index in [0.29, 0.717) is 24.7 Å². The Morgan fingerprint density at radius 3 is 2.58 bits per heavy atom. The Bertz CT molecular complexity index is 1150. The van der Waals surface area contributed by atoms with E-state index in [2.05, 4.69) is 32.3 Å². The fraction of sp³-hybridized carbons (Fsp3) is 0.464. The summed E-state index contributed by atoms with van der Waals surface area (Å²) >= 11 is 0. The molecule has 0 atom stereocenters. The highest BCUT2D eigenvalue weighted by Gasteiger charge is 2.30. The normalized spacial score (nSPS) is 15.4. The van der Waals surface area contributed by atoms with E-state index < -0.39 is 5.97 Å². The number of carboxylic acid groups (broad SMARTS) is 1. The minimum absolute atomic E-state index is 0.0912. The Hall–Kier alpha value is -2.82. The number of benzene rings is 2. The minimum Gasteiger partial charge on any atom is -0.490 e. The summed E-state index contributed by atoms with van der Waals surface area (Å²) in [6.07, 6.45) is 2.25. The number of halogens is 1. The predicted molar refractivity (Wildman–Crippen MR) is 129 cm³/mol. The fourth-order valence-corrected chi connectivity index (χ4v) is 5.56. The summed E-state index contributed by atoms with van der Waals surface area (Å²) in [5.74, 6) is -0.383. The van der Waals surface area contributed by atoms with Gasteiger partial charge in [-0.3, -0.25) is 4.79 Å². The number of carboxylic acids is 1. The third-order valence-corrected chi connectivity index (χ3v) is 7.20. The van der Waals surface area contributed by atoms with Crippen molar-refractivity contribution in [2.24, 2.45) is 5.92 Å². The molecule has 2 aromatic carbocycles. The lowest BCUT2D eigenvalue weighted by molar-refractivity contribution is -0.136. The highest BCUT2D eigenvalue weighted by Crippen LogP contribution is 2.44. The van der Waals surface area contributed by atoms with Crippen molar-refractivity contribution in [3.63, 3.8) is 0 Å². The Morgan fingerprint density at radius 2 is 1.91 bits per heavy atom. The predicted octanol–water partition coefficient (Wildman–Crippen LogP) is 5.90. The first kappa shape index (κ1) is 23.3. The van der Waals surface area contributed by atoms with Crippen molar-refractivity contribution in [1.29, 1.82) is 0 Å². The fourth-order valence-electron chi connectivity index (χ4n) is 5.56. The number of hydrogen-bond donors (Lipinski definition) is 1. The maximum absolute atomic E-state index is 15.2. The molecule has 0 spiro atoms. The van der Waals surface area contributed by atoms with Crippen molar-refractivity contribution in [2.75, 3.05) is 13.2 Å². The van der Waals surface area contributed by atoms with Crippen molar-refractivity contribution in [1.82, 2.24) is 4.90 Å². The molecule has 1 N–H and O–H groups in total. The van der Waals surface area contributed by atoms with Gasteiger partial charge in [-0.05, 0) is 90.1 Å². The van der Waals surface area contributed by atoms with Gasteiger partial charge >= 0.3 is 5.97 Å². The molecular formula is C28H34FNO3. The average molecular weight is 452 g/mol. The van der Waals surface area contributed by atoms with Crippen LogP contribution in [0.15, 0.2) is 18.3 Å². The molecule has 4 rings (SSSR count). The Morgan fingerprint density at radius 1 is 1.18 bits per heavy atom. The van der Waals surface area contributed by atoms with E-state index in [1.54, 1.807) is 6.07 Å². The summed E-state index contributed by atoms with van der Waals surface area (Å²) in [6.45, 7) is 17.0. The van der Waals surface area contributed by atoms with E-state index >= 15 is 4.39 Å². The van der Waals surface area contributed by atoms with Crippen LogP contribution in [0.25, 0.3) is 11.1 Å². The number of hydrogen-bond acceptors (Lipinski definition) is 3. The molecule has 0 saturated carbocycles. The van der Waals surface area contributed by atoms with Crippen LogP contribution in [0.4, 0.5) is 4.39 Å². The molecule has 4 nitrogen and oxygen atoms in total. The van der Waals surface area contributed by atoms with Gasteiger partial charge in [0.05, 0.1) is 13.0 Å². The van der Waals surface area contributed by atoms with Gasteiger partial charge in [-0.15, -0.1) is 0 Å². The van der Waals surface area contributed by atoms with Crippen molar-refractivity contribution in [2.45, 2.75) is 66.8 Å². The summed E-state index contributed by atoms with van der Waals surface area (Å²) < 4.78 is 20.8. The van der Waals surface area contributed by atoms with Crippen molar-refractivity contribution >= 4 is 5.97 Å². The van der Waals surface area contributed by atoms with Gasteiger partial charge < -0.3 is 14.7 Å². The third kappa shape index (κ3) is 4.14. The molecule has 33 heavy (non-hydrogen) atoms. The van der Waals surface area contributed by atoms with Gasteiger partial charge in [-0.2, -0.15) is 0 Å². The smallest absolute Gasteiger partial charge is 0.307 e. The molecule has 2 aromatic rings. The zero-order chi connectivity index (χ0) is 24.0. The number of allylic oxidation sites excluding steroid dienone is 1. The highest BCUT2D eigenvalue weighted by molar-refractivity contribution is 5.83. The van der Waals surface area contributed by atoms with E-state index in [-0.39, 0.29) is 12.2 Å². The van der Waals surface area contributed by atoms with Crippen molar-refractivity contribution < 1.29 is 19.0 Å². The lowest BCUT2D eigenvalue weighted by Crippen LogP contribution is -2.32. The highest BCUT2D eigenvalue weighted by atomic mass is 19.1. The van der Waals surface area contributed by atoms with E-state index in [1.807, 2.05) is 13.8 Å². The van der Waals surface area contributed by atoms with Crippen LogP contribution in [0.2, 0.25) is 0 Å². The van der Waals surface area contributed by atoms with Crippen LogP contribution in [-0.4, -0.2) is 29.1 Å². The third-order valence-electron chi connectivity index (χ3n) is 7.20. The summed E-state index contributed by atoms with van der Waals surface area (Å²) in [5, 5.41) is 9.75. The largest absolute Gasteiger partial charge is 0.490 e. The second kappa shape index (κ2) is 8.85. The molecule has 0 bridgehead atoms. The summed E-state index contributed by atoms with van der Waals surface area (Å²) in [5.41, 5.74) is 9.84. The number of aliphatic carboxylic acids is 1. The number of nitrogens with zero attached hydrogens (tertiary/aromatic N) is 1. The standard InChI is InChI=1S/C28H34FNO3/c1-15(2)13-30-14-24-19(6)27(23(12-26(31)32)18(5)21(24)10-16(30)3)22-11-25(29)28-20(17(22)4)8-7-9-33-28/h11,15H,3,7-10,12-14H2,1-2,4-6H3,(H,31,32). The summed E-state index contributed by atoms with van der Waals surface area (Å²) in [6, 6.07) is 1.55. The van der Waals surface area contributed by atoms with Crippen LogP contribution in [0, 0.1) is 32.5 Å². The molecule has 0 amide bonds. The van der Waals surface area contributed by atoms with Gasteiger partial charge in [-0.25, -0.2) is 4.39 Å². The van der Waals surface area contributed by atoms with E-state index in [0.717, 1.165) is 70.6 Å². The number of fused-ring (bicyclic) bond motifs is 2. The molecule has 0 unspecified atom stereocenters. The minimum atomic E-state index is -0.880. The van der Waals surface area contributed by atoms with Crippen LogP contribution in [0.5, 0.6) is 5.75 Å². The van der Waals surface area contributed by atoms with Gasteiger partial charge in [0.25, 0.3) is 0 Å². The summed E-state index contributed by atoms with van der Waals surface area (Å²) in [4.78, 5) is 14.2. The molecule has 176 valence electrons. The van der Waals surface area contributed by atoms with Crippen LogP contribution >= 0.6 is 0 Å². The van der Waals surface area contributed by atoms with Gasteiger partial charge in [0, 0.05) is 30.8 Å². The van der Waals surface area contributed by atoms with Crippen LogP contribution in [0.1, 0.15) is 59.2 Å². The van der Waals surface area contributed by atoms with Gasteiger partial charge in [0.1, 0.15) is 0 Å². The molecule has 5 heteroatoms. The van der Waals surface area contributed by atoms with Crippen LogP contribution in [-0.2, 0) is 30.6 Å². The molecule has 0 saturated heterocycles. The quantitative estimate of drug-likeness (QED) is 0.615. The lowest BCUT2D eigenvalue weighted by atomic mass is 9.79. The lowest BCUT2D eigenvalue weighted by Gasteiger charge is -2.37. The zero-order valence-electron chi connectivity index (χ0n) is 20.4. The molecule has 2 aliphatic rings. The maximum Gasteiger partial charge on any atom is 0.307 e. The average Bonchev–Trinajstić information content (AvgIpc) is 2.75. The Balaban J connectivity index is 1.98. The van der Waals surface area contributed by atoms with E-state index in [1.165, 1.54) is 11.1 Å². The van der Waals surface area contributed by atoms with Gasteiger partial charge in [-0.1, -0.05) is 20.4 Å². The van der Waals surface area contributed by atoms with Crippen LogP contribution in [0.3, 0.4) is 0 Å². The van der Waals surface area contributed by atoms with E-state index in [4.69, 9.17) is 4.74 Å². The number of ether oxygens (including phenoxy) is 1. The maximum atomic E-state index is 15.2. The topological polar surface area (TPSA) is 49.8 Å². The van der Waals surface area contributed by atoms with Crippen molar-refractivity contribution in [3.05, 3.63) is 63.1 Å². The first-order valence-corrected chi connectivity index (χ1v) is 11.8. The second-order valence-electron chi connectivity index (χ2n) is 9.94. The Kier molecular flexibility index (Phi) is 6.26. The van der Waals surface area contributed by atoms with Gasteiger partial charge in [0.15, 0.2) is 11.6 Å². The molecular weight excluding hydrogens is 417 g/mol. The number of rotatable bonds is 5. The van der Waals surface area contributed by atoms with E-state index in [9.17, 15) is 9.90 Å². The first-order chi connectivity index (χ1) is 15.6. The molecule has 0 aromatic heterocycles. The van der Waals surface area contributed by atoms with Gasteiger partial charge in [0.2, 0.25) is 0 Å². The monoisotopic (exact) mass is 451 g/mol. The molecule has 0 fully saturated rings. The molecule has 0 aliphatic carbocycles. The molecule has 2 heterocycles. The summed E-state index contributed by atoms with van der Waals surface area (Å²) in [7, 11) is 0. The molecule has 2 aliphatic heterocycles. The zero-order valence-corrected chi connectivity index (χ0v) is 20.4. The van der Waals surface area contributed by atoms with Crippen LogP contribution < -0.4 is 4.74 Å². The SMILES string of the molecule is C=C1Cc2c(C)c(CC(=O)O)c(-c3cc(F)c4c(c3C)CCCO4)c(C)c2CN1CC(C)C. The molecule has 0 radical (unpaired) electrons. The number of carbonyl (C=O) groups is 1. The van der Waals surface area contributed by atoms with Crippen molar-refractivity contribution in [3.8, 4) is 16.9 Å².